The van der Waals surface area contributed by atoms with Crippen LogP contribution in [0.5, 0.6) is 0 Å². The summed E-state index contributed by atoms with van der Waals surface area (Å²) in [7, 11) is 0. The minimum atomic E-state index is 0.235. The number of aromatic nitrogens is 2. The molecule has 0 spiro atoms. The van der Waals surface area contributed by atoms with Gasteiger partial charge in [0.15, 0.2) is 0 Å². The number of hydrogen-bond acceptors (Lipinski definition) is 3. The van der Waals surface area contributed by atoms with Gasteiger partial charge in [-0.25, -0.2) is 9.97 Å². The minimum absolute atomic E-state index is 0.235. The molecular formula is C10H14ClN3. The summed E-state index contributed by atoms with van der Waals surface area (Å²) in [5, 5.41) is 3.45. The zero-order valence-corrected chi connectivity index (χ0v) is 8.74. The van der Waals surface area contributed by atoms with Crippen molar-refractivity contribution in [3.8, 4) is 0 Å². The molecule has 1 aliphatic rings. The third-order valence-corrected chi connectivity index (χ3v) is 3.23. The maximum Gasteiger partial charge on any atom is 0.129 e. The van der Waals surface area contributed by atoms with E-state index in [2.05, 4.69) is 15.3 Å². The number of alkyl halides is 1. The first kappa shape index (κ1) is 9.71. The molecule has 0 aliphatic heterocycles. The topological polar surface area (TPSA) is 37.8 Å². The molecule has 0 radical (unpaired) electrons. The highest BCUT2D eigenvalue weighted by molar-refractivity contribution is 6.21. The third kappa shape index (κ3) is 2.35. The second-order valence-corrected chi connectivity index (χ2v) is 4.24. The molecular weight excluding hydrogens is 198 g/mol. The Morgan fingerprint density at radius 1 is 1.57 bits per heavy atom. The smallest absolute Gasteiger partial charge is 0.129 e. The van der Waals surface area contributed by atoms with E-state index in [1.54, 1.807) is 6.20 Å². The van der Waals surface area contributed by atoms with Crippen LogP contribution in [0.3, 0.4) is 0 Å². The summed E-state index contributed by atoms with van der Waals surface area (Å²) >= 11 is 6.23. The van der Waals surface area contributed by atoms with Gasteiger partial charge in [-0.1, -0.05) is 6.42 Å². The van der Waals surface area contributed by atoms with Gasteiger partial charge in [-0.15, -0.1) is 11.6 Å². The molecule has 14 heavy (non-hydrogen) atoms. The fourth-order valence-electron chi connectivity index (χ4n) is 1.57. The summed E-state index contributed by atoms with van der Waals surface area (Å²) in [6.45, 7) is 0.795. The van der Waals surface area contributed by atoms with Crippen LogP contribution in [-0.4, -0.2) is 21.9 Å². The summed E-state index contributed by atoms with van der Waals surface area (Å²) < 4.78 is 0. The first-order valence-corrected chi connectivity index (χ1v) is 5.44. The van der Waals surface area contributed by atoms with E-state index in [0.717, 1.165) is 12.4 Å². The van der Waals surface area contributed by atoms with Crippen molar-refractivity contribution in [1.82, 2.24) is 9.97 Å². The molecule has 0 aromatic carbocycles. The summed E-state index contributed by atoms with van der Waals surface area (Å²) in [5.41, 5.74) is 0. The van der Waals surface area contributed by atoms with Crippen molar-refractivity contribution < 1.29 is 0 Å². The van der Waals surface area contributed by atoms with Crippen molar-refractivity contribution in [2.24, 2.45) is 5.92 Å². The Hall–Kier alpha value is -0.830. The Balaban J connectivity index is 1.76. The Morgan fingerprint density at radius 2 is 2.43 bits per heavy atom. The van der Waals surface area contributed by atoms with Crippen LogP contribution in [-0.2, 0) is 0 Å². The zero-order valence-electron chi connectivity index (χ0n) is 7.99. The number of nitrogens with one attached hydrogen (secondary N) is 1. The first-order valence-electron chi connectivity index (χ1n) is 5.00. The second-order valence-electron chi connectivity index (χ2n) is 3.68. The van der Waals surface area contributed by atoms with Gasteiger partial charge in [-0.2, -0.15) is 0 Å². The van der Waals surface area contributed by atoms with Gasteiger partial charge < -0.3 is 5.32 Å². The molecule has 76 valence electrons. The van der Waals surface area contributed by atoms with Crippen LogP contribution >= 0.6 is 11.6 Å². The Morgan fingerprint density at radius 3 is 3.00 bits per heavy atom. The molecule has 0 bridgehead atoms. The van der Waals surface area contributed by atoms with Crippen molar-refractivity contribution >= 4 is 17.4 Å². The average molecular weight is 212 g/mol. The third-order valence-electron chi connectivity index (χ3n) is 2.72. The van der Waals surface area contributed by atoms with Gasteiger partial charge in [0.25, 0.3) is 0 Å². The fourth-order valence-corrected chi connectivity index (χ4v) is 1.89. The van der Waals surface area contributed by atoms with E-state index in [1.807, 2.05) is 6.07 Å². The highest BCUT2D eigenvalue weighted by Gasteiger charge is 2.25. The predicted octanol–water partition coefficient (Wildman–Crippen LogP) is 2.30. The lowest BCUT2D eigenvalue weighted by Gasteiger charge is -2.29. The van der Waals surface area contributed by atoms with Gasteiger partial charge in [-0.05, 0) is 24.8 Å². The summed E-state index contributed by atoms with van der Waals surface area (Å²) in [5.74, 6) is 1.55. The molecule has 1 aromatic heterocycles. The number of rotatable bonds is 4. The quantitative estimate of drug-likeness (QED) is 0.777. The van der Waals surface area contributed by atoms with Crippen LogP contribution in [0.15, 0.2) is 18.6 Å². The molecule has 1 atom stereocenters. The molecule has 0 saturated heterocycles. The summed E-state index contributed by atoms with van der Waals surface area (Å²) in [4.78, 5) is 7.92. The van der Waals surface area contributed by atoms with Gasteiger partial charge >= 0.3 is 0 Å². The van der Waals surface area contributed by atoms with Gasteiger partial charge in [0.2, 0.25) is 0 Å². The lowest BCUT2D eigenvalue weighted by molar-refractivity contribution is 0.308. The van der Waals surface area contributed by atoms with Crippen molar-refractivity contribution in [3.63, 3.8) is 0 Å². The molecule has 1 aromatic rings. The van der Waals surface area contributed by atoms with Crippen LogP contribution in [0.25, 0.3) is 0 Å². The number of anilines is 1. The normalized spacial score (nSPS) is 18.6. The highest BCUT2D eigenvalue weighted by atomic mass is 35.5. The van der Waals surface area contributed by atoms with Crippen LogP contribution in [0.4, 0.5) is 5.82 Å². The highest BCUT2D eigenvalue weighted by Crippen LogP contribution is 2.32. The Labute approximate surface area is 88.9 Å². The second kappa shape index (κ2) is 4.60. The van der Waals surface area contributed by atoms with E-state index in [0.29, 0.717) is 5.92 Å². The van der Waals surface area contributed by atoms with E-state index in [4.69, 9.17) is 11.6 Å². The molecule has 1 heterocycles. The molecule has 1 saturated carbocycles. The van der Waals surface area contributed by atoms with Crippen molar-refractivity contribution in [1.29, 1.82) is 0 Å². The van der Waals surface area contributed by atoms with Crippen LogP contribution in [0.1, 0.15) is 19.3 Å². The van der Waals surface area contributed by atoms with Gasteiger partial charge in [0.05, 0.1) is 5.38 Å². The standard InChI is InChI=1S/C10H14ClN3/c11-9(8-2-1-3-8)6-13-10-4-5-12-7-14-10/h4-5,7-9H,1-3,6H2,(H,12,13,14). The van der Waals surface area contributed by atoms with Crippen LogP contribution in [0, 0.1) is 5.92 Å². The molecule has 1 aliphatic carbocycles. The van der Waals surface area contributed by atoms with Gasteiger partial charge in [0.1, 0.15) is 12.1 Å². The zero-order chi connectivity index (χ0) is 9.80. The lowest BCUT2D eigenvalue weighted by atomic mass is 9.83. The van der Waals surface area contributed by atoms with Crippen molar-refractivity contribution in [2.75, 3.05) is 11.9 Å². The van der Waals surface area contributed by atoms with Crippen LogP contribution < -0.4 is 5.32 Å². The van der Waals surface area contributed by atoms with Crippen molar-refractivity contribution in [2.45, 2.75) is 24.6 Å². The monoisotopic (exact) mass is 211 g/mol. The van der Waals surface area contributed by atoms with E-state index in [9.17, 15) is 0 Å². The Kier molecular flexibility index (Phi) is 3.19. The molecule has 4 heteroatoms. The minimum Gasteiger partial charge on any atom is -0.368 e. The molecule has 1 unspecified atom stereocenters. The molecule has 2 rings (SSSR count). The summed E-state index contributed by atoms with van der Waals surface area (Å²) in [6, 6.07) is 1.85. The molecule has 3 nitrogen and oxygen atoms in total. The largest absolute Gasteiger partial charge is 0.368 e. The summed E-state index contributed by atoms with van der Waals surface area (Å²) in [6.07, 6.45) is 7.15. The molecule has 1 fully saturated rings. The van der Waals surface area contributed by atoms with Gasteiger partial charge in [-0.3, -0.25) is 0 Å². The number of hydrogen-bond donors (Lipinski definition) is 1. The van der Waals surface area contributed by atoms with Gasteiger partial charge in [0, 0.05) is 12.7 Å². The van der Waals surface area contributed by atoms with E-state index < -0.39 is 0 Å². The predicted molar refractivity (Wildman–Crippen MR) is 57.5 cm³/mol. The maximum atomic E-state index is 6.23. The molecule has 0 amide bonds. The molecule has 1 N–H and O–H groups in total. The van der Waals surface area contributed by atoms with E-state index in [-0.39, 0.29) is 5.38 Å². The first-order chi connectivity index (χ1) is 6.86. The Bertz CT molecular complexity index is 274. The SMILES string of the molecule is ClC(CNc1ccncn1)C1CCC1. The fraction of sp³-hybridized carbons (Fsp3) is 0.600. The van der Waals surface area contributed by atoms with Crippen molar-refractivity contribution in [3.05, 3.63) is 18.6 Å². The number of halogens is 1. The van der Waals surface area contributed by atoms with Crippen LogP contribution in [0.2, 0.25) is 0 Å². The lowest BCUT2D eigenvalue weighted by Crippen LogP contribution is -2.28. The number of nitrogens with zero attached hydrogens (tertiary/aromatic N) is 2. The van der Waals surface area contributed by atoms with E-state index in [1.165, 1.54) is 25.6 Å². The average Bonchev–Trinajstić information content (AvgIpc) is 2.14. The van der Waals surface area contributed by atoms with E-state index >= 15 is 0 Å². The maximum absolute atomic E-state index is 6.23.